The molecule has 0 aliphatic carbocycles. The minimum atomic E-state index is -0.919. The van der Waals surface area contributed by atoms with Gasteiger partial charge in [0.25, 0.3) is 0 Å². The number of aliphatic hydroxyl groups is 1. The highest BCUT2D eigenvalue weighted by atomic mass is 79.9. The van der Waals surface area contributed by atoms with E-state index >= 15 is 0 Å². The van der Waals surface area contributed by atoms with Crippen molar-refractivity contribution in [2.75, 3.05) is 0 Å². The molecule has 3 rings (SSSR count). The van der Waals surface area contributed by atoms with Crippen LogP contribution in [0.1, 0.15) is 23.0 Å². The molecule has 0 radical (unpaired) electrons. The topological polar surface area (TPSA) is 33.4 Å². The first-order valence-electron chi connectivity index (χ1n) is 6.18. The molecule has 1 aromatic heterocycles. The Bertz CT molecular complexity index is 759. The van der Waals surface area contributed by atoms with Gasteiger partial charge in [-0.25, -0.2) is 4.39 Å². The van der Waals surface area contributed by atoms with Crippen LogP contribution in [-0.2, 0) is 0 Å². The van der Waals surface area contributed by atoms with Crippen LogP contribution in [0.5, 0.6) is 0 Å². The predicted octanol–water partition coefficient (Wildman–Crippen LogP) is 4.72. The van der Waals surface area contributed by atoms with Crippen LogP contribution < -0.4 is 0 Å². The fraction of sp³-hybridized carbons (Fsp3) is 0.125. The third-order valence-corrected chi connectivity index (χ3v) is 3.62. The maximum atomic E-state index is 13.6. The summed E-state index contributed by atoms with van der Waals surface area (Å²) in [6.45, 7) is 1.94. The van der Waals surface area contributed by atoms with Crippen LogP contribution in [-0.4, -0.2) is 5.11 Å². The van der Waals surface area contributed by atoms with Crippen molar-refractivity contribution in [3.8, 4) is 0 Å². The van der Waals surface area contributed by atoms with E-state index in [-0.39, 0.29) is 5.58 Å². The summed E-state index contributed by atoms with van der Waals surface area (Å²) in [6, 6.07) is 12.0. The molecule has 0 saturated heterocycles. The van der Waals surface area contributed by atoms with Crippen molar-refractivity contribution in [3.63, 3.8) is 0 Å². The van der Waals surface area contributed by atoms with E-state index < -0.39 is 11.9 Å². The van der Waals surface area contributed by atoms with Gasteiger partial charge in [-0.1, -0.05) is 34.1 Å². The normalized spacial score (nSPS) is 12.8. The maximum Gasteiger partial charge on any atom is 0.170 e. The number of para-hydroxylation sites is 1. The fourth-order valence-electron chi connectivity index (χ4n) is 2.27. The highest BCUT2D eigenvalue weighted by Gasteiger charge is 2.17. The maximum absolute atomic E-state index is 13.6. The highest BCUT2D eigenvalue weighted by molar-refractivity contribution is 9.10. The smallest absolute Gasteiger partial charge is 0.170 e. The van der Waals surface area contributed by atoms with Gasteiger partial charge in [-0.05, 0) is 42.3 Å². The van der Waals surface area contributed by atoms with Crippen LogP contribution in [0.3, 0.4) is 0 Å². The Morgan fingerprint density at radius 3 is 2.70 bits per heavy atom. The zero-order valence-corrected chi connectivity index (χ0v) is 12.3. The second-order valence-electron chi connectivity index (χ2n) is 4.77. The quantitative estimate of drug-likeness (QED) is 0.735. The minimum absolute atomic E-state index is 0.174. The Morgan fingerprint density at radius 1 is 1.20 bits per heavy atom. The van der Waals surface area contributed by atoms with E-state index in [0.717, 1.165) is 10.0 Å². The van der Waals surface area contributed by atoms with Crippen LogP contribution in [0, 0.1) is 12.7 Å². The number of halogens is 2. The van der Waals surface area contributed by atoms with Gasteiger partial charge in [0.15, 0.2) is 11.4 Å². The summed E-state index contributed by atoms with van der Waals surface area (Å²) < 4.78 is 19.9. The van der Waals surface area contributed by atoms with E-state index in [1.807, 2.05) is 25.1 Å². The monoisotopic (exact) mass is 334 g/mol. The summed E-state index contributed by atoms with van der Waals surface area (Å²) in [5.74, 6) is -0.0889. The van der Waals surface area contributed by atoms with Crippen molar-refractivity contribution in [1.29, 1.82) is 0 Å². The van der Waals surface area contributed by atoms with Gasteiger partial charge in [-0.2, -0.15) is 0 Å². The van der Waals surface area contributed by atoms with Gasteiger partial charge in [-0.15, -0.1) is 0 Å². The molecule has 2 nitrogen and oxygen atoms in total. The molecule has 20 heavy (non-hydrogen) atoms. The molecule has 0 saturated carbocycles. The summed E-state index contributed by atoms with van der Waals surface area (Å²) in [5.41, 5.74) is 1.90. The molecular formula is C16H12BrFO2. The molecule has 1 unspecified atom stereocenters. The highest BCUT2D eigenvalue weighted by Crippen LogP contribution is 2.31. The first-order valence-corrected chi connectivity index (χ1v) is 6.97. The van der Waals surface area contributed by atoms with E-state index in [9.17, 15) is 9.50 Å². The lowest BCUT2D eigenvalue weighted by atomic mass is 10.0. The molecule has 0 amide bonds. The summed E-state index contributed by atoms with van der Waals surface area (Å²) >= 11 is 3.40. The van der Waals surface area contributed by atoms with Crippen LogP contribution in [0.15, 0.2) is 51.4 Å². The Balaban J connectivity index is 2.07. The molecular weight excluding hydrogens is 323 g/mol. The predicted molar refractivity (Wildman–Crippen MR) is 79.1 cm³/mol. The summed E-state index contributed by atoms with van der Waals surface area (Å²) in [4.78, 5) is 0. The lowest BCUT2D eigenvalue weighted by molar-refractivity contribution is 0.191. The third kappa shape index (κ3) is 2.37. The van der Waals surface area contributed by atoms with E-state index in [1.165, 1.54) is 6.07 Å². The number of hydrogen-bond donors (Lipinski definition) is 1. The molecule has 2 aromatic carbocycles. The Kier molecular flexibility index (Phi) is 3.36. The van der Waals surface area contributed by atoms with Crippen LogP contribution >= 0.6 is 15.9 Å². The molecule has 0 bridgehead atoms. The molecule has 3 aromatic rings. The van der Waals surface area contributed by atoms with Crippen LogP contribution in [0.4, 0.5) is 4.39 Å². The standard InChI is InChI=1S/C16H12BrFO2/c1-9-5-11(7-12(17)6-9)15(19)14-8-10-3-2-4-13(18)16(10)20-14/h2-8,15,19H,1H3. The van der Waals surface area contributed by atoms with E-state index in [0.29, 0.717) is 16.7 Å². The van der Waals surface area contributed by atoms with Crippen molar-refractivity contribution < 1.29 is 13.9 Å². The van der Waals surface area contributed by atoms with Gasteiger partial charge in [0.2, 0.25) is 0 Å². The molecule has 0 aliphatic heterocycles. The third-order valence-electron chi connectivity index (χ3n) is 3.16. The SMILES string of the molecule is Cc1cc(Br)cc(C(O)c2cc3cccc(F)c3o2)c1. The summed E-state index contributed by atoms with van der Waals surface area (Å²) in [6.07, 6.45) is -0.919. The van der Waals surface area contributed by atoms with Gasteiger partial charge >= 0.3 is 0 Å². The van der Waals surface area contributed by atoms with Crippen molar-refractivity contribution in [2.45, 2.75) is 13.0 Å². The van der Waals surface area contributed by atoms with Crippen LogP contribution in [0.25, 0.3) is 11.0 Å². The number of rotatable bonds is 2. The summed E-state index contributed by atoms with van der Waals surface area (Å²) in [5, 5.41) is 11.0. The van der Waals surface area contributed by atoms with E-state index in [4.69, 9.17) is 4.42 Å². The largest absolute Gasteiger partial charge is 0.455 e. The van der Waals surface area contributed by atoms with Crippen LogP contribution in [0.2, 0.25) is 0 Å². The Morgan fingerprint density at radius 2 is 2.00 bits per heavy atom. The molecule has 0 spiro atoms. The number of benzene rings is 2. The molecule has 1 heterocycles. The zero-order chi connectivity index (χ0) is 14.3. The first kappa shape index (κ1) is 13.3. The lowest BCUT2D eigenvalue weighted by Crippen LogP contribution is -1.98. The number of hydrogen-bond acceptors (Lipinski definition) is 2. The average Bonchev–Trinajstić information content (AvgIpc) is 2.82. The molecule has 1 atom stereocenters. The number of fused-ring (bicyclic) bond motifs is 1. The van der Waals surface area contributed by atoms with Crippen molar-refractivity contribution in [3.05, 3.63) is 69.6 Å². The molecule has 4 heteroatoms. The Hall–Kier alpha value is -1.65. The average molecular weight is 335 g/mol. The second-order valence-corrected chi connectivity index (χ2v) is 5.69. The zero-order valence-electron chi connectivity index (χ0n) is 10.7. The first-order chi connectivity index (χ1) is 9.54. The number of aliphatic hydroxyl groups excluding tert-OH is 1. The van der Waals surface area contributed by atoms with Gasteiger partial charge in [0.05, 0.1) is 0 Å². The fourth-order valence-corrected chi connectivity index (χ4v) is 2.89. The number of furan rings is 1. The van der Waals surface area contributed by atoms with Gasteiger partial charge in [0.1, 0.15) is 11.9 Å². The van der Waals surface area contributed by atoms with E-state index in [2.05, 4.69) is 15.9 Å². The Labute approximate surface area is 124 Å². The summed E-state index contributed by atoms with van der Waals surface area (Å²) in [7, 11) is 0. The number of aryl methyl sites for hydroxylation is 1. The van der Waals surface area contributed by atoms with Gasteiger partial charge in [-0.3, -0.25) is 0 Å². The molecule has 1 N–H and O–H groups in total. The molecule has 0 aliphatic rings. The van der Waals surface area contributed by atoms with Crippen molar-refractivity contribution in [2.24, 2.45) is 0 Å². The second kappa shape index (κ2) is 5.04. The van der Waals surface area contributed by atoms with E-state index in [1.54, 1.807) is 18.2 Å². The van der Waals surface area contributed by atoms with Crippen molar-refractivity contribution in [1.82, 2.24) is 0 Å². The lowest BCUT2D eigenvalue weighted by Gasteiger charge is -2.09. The van der Waals surface area contributed by atoms with Gasteiger partial charge < -0.3 is 9.52 Å². The molecule has 102 valence electrons. The van der Waals surface area contributed by atoms with Gasteiger partial charge in [0, 0.05) is 9.86 Å². The molecule has 0 fully saturated rings. The van der Waals surface area contributed by atoms with Crippen molar-refractivity contribution >= 4 is 26.9 Å². The minimum Gasteiger partial charge on any atom is -0.455 e.